The molecule has 0 aliphatic heterocycles. The Balaban J connectivity index is 3.04. The molecule has 13 heavy (non-hydrogen) atoms. The molecule has 1 rings (SSSR count). The van der Waals surface area contributed by atoms with Crippen molar-refractivity contribution in [3.8, 4) is 0 Å². The molecule has 1 aromatic rings. The van der Waals surface area contributed by atoms with Gasteiger partial charge in [-0.25, -0.2) is 0 Å². The quantitative estimate of drug-likeness (QED) is 0.665. The number of thiophene rings is 1. The fourth-order valence-electron chi connectivity index (χ4n) is 1.51. The highest BCUT2D eigenvalue weighted by Crippen LogP contribution is 2.32. The molecular formula is C12H20S. The van der Waals surface area contributed by atoms with Gasteiger partial charge in [0, 0.05) is 9.75 Å². The number of aryl methyl sites for hydroxylation is 1. The van der Waals surface area contributed by atoms with Crippen molar-refractivity contribution < 1.29 is 0 Å². The first-order valence-corrected chi connectivity index (χ1v) is 6.00. The summed E-state index contributed by atoms with van der Waals surface area (Å²) in [5.41, 5.74) is 1.57. The van der Waals surface area contributed by atoms with Gasteiger partial charge in [0.1, 0.15) is 0 Å². The Morgan fingerprint density at radius 2 is 1.77 bits per heavy atom. The Labute approximate surface area is 86.0 Å². The van der Waals surface area contributed by atoms with E-state index in [9.17, 15) is 0 Å². The lowest BCUT2D eigenvalue weighted by atomic mass is 10.0. The van der Waals surface area contributed by atoms with Crippen molar-refractivity contribution >= 4 is 11.3 Å². The van der Waals surface area contributed by atoms with Crippen LogP contribution in [0.5, 0.6) is 0 Å². The van der Waals surface area contributed by atoms with E-state index in [-0.39, 0.29) is 0 Å². The van der Waals surface area contributed by atoms with Crippen LogP contribution in [-0.4, -0.2) is 0 Å². The van der Waals surface area contributed by atoms with Crippen molar-refractivity contribution in [3.05, 3.63) is 21.4 Å². The number of hydrogen-bond acceptors (Lipinski definition) is 1. The molecule has 0 aromatic carbocycles. The van der Waals surface area contributed by atoms with E-state index in [2.05, 4.69) is 40.7 Å². The second-order valence-corrected chi connectivity index (χ2v) is 5.36. The summed E-state index contributed by atoms with van der Waals surface area (Å²) in [6, 6.07) is 2.40. The molecule has 1 heteroatoms. The predicted molar refractivity (Wildman–Crippen MR) is 61.9 cm³/mol. The van der Waals surface area contributed by atoms with Gasteiger partial charge in [0.05, 0.1) is 0 Å². The fraction of sp³-hybridized carbons (Fsp3) is 0.667. The highest BCUT2D eigenvalue weighted by Gasteiger charge is 2.12. The van der Waals surface area contributed by atoms with E-state index < -0.39 is 0 Å². The lowest BCUT2D eigenvalue weighted by Gasteiger charge is -2.03. The van der Waals surface area contributed by atoms with Gasteiger partial charge in [-0.2, -0.15) is 0 Å². The standard InChI is InChI=1S/C12H20S/c1-6-11-10(8(2)3)7-12(13-11)9(4)5/h7-9H,6H2,1-5H3. The van der Waals surface area contributed by atoms with E-state index in [4.69, 9.17) is 0 Å². The third kappa shape index (κ3) is 2.34. The SMILES string of the molecule is CCc1sc(C(C)C)cc1C(C)C. The zero-order chi connectivity index (χ0) is 10.0. The summed E-state index contributed by atoms with van der Waals surface area (Å²) in [6.07, 6.45) is 1.19. The summed E-state index contributed by atoms with van der Waals surface area (Å²) >= 11 is 2.00. The molecule has 0 bridgehead atoms. The molecule has 0 fully saturated rings. The summed E-state index contributed by atoms with van der Waals surface area (Å²) in [5, 5.41) is 0. The highest BCUT2D eigenvalue weighted by molar-refractivity contribution is 7.12. The highest BCUT2D eigenvalue weighted by atomic mass is 32.1. The van der Waals surface area contributed by atoms with Gasteiger partial charge in [-0.3, -0.25) is 0 Å². The van der Waals surface area contributed by atoms with Crippen molar-refractivity contribution in [2.75, 3.05) is 0 Å². The number of rotatable bonds is 3. The van der Waals surface area contributed by atoms with Gasteiger partial charge < -0.3 is 0 Å². The second kappa shape index (κ2) is 4.28. The first-order valence-electron chi connectivity index (χ1n) is 5.18. The van der Waals surface area contributed by atoms with Crippen LogP contribution in [0, 0.1) is 0 Å². The topological polar surface area (TPSA) is 0 Å². The third-order valence-corrected chi connectivity index (χ3v) is 3.97. The van der Waals surface area contributed by atoms with Gasteiger partial charge in [0.15, 0.2) is 0 Å². The monoisotopic (exact) mass is 196 g/mol. The largest absolute Gasteiger partial charge is 0.145 e. The maximum Gasteiger partial charge on any atom is 0.00801 e. The molecule has 0 radical (unpaired) electrons. The summed E-state index contributed by atoms with van der Waals surface area (Å²) in [7, 11) is 0. The number of hydrogen-bond donors (Lipinski definition) is 0. The van der Waals surface area contributed by atoms with E-state index in [0.29, 0.717) is 11.8 Å². The summed E-state index contributed by atoms with van der Waals surface area (Å²) < 4.78 is 0. The predicted octanol–water partition coefficient (Wildman–Crippen LogP) is 4.56. The zero-order valence-corrected chi connectivity index (χ0v) is 10.2. The van der Waals surface area contributed by atoms with Gasteiger partial charge in [0.25, 0.3) is 0 Å². The first kappa shape index (κ1) is 10.8. The van der Waals surface area contributed by atoms with Crippen molar-refractivity contribution in [2.24, 2.45) is 0 Å². The van der Waals surface area contributed by atoms with Crippen LogP contribution in [0.3, 0.4) is 0 Å². The molecule has 0 amide bonds. The minimum Gasteiger partial charge on any atom is -0.145 e. The molecule has 0 saturated heterocycles. The average molecular weight is 196 g/mol. The van der Waals surface area contributed by atoms with Crippen LogP contribution in [0.1, 0.15) is 61.8 Å². The van der Waals surface area contributed by atoms with Crippen LogP contribution < -0.4 is 0 Å². The Hall–Kier alpha value is -0.300. The van der Waals surface area contributed by atoms with Crippen LogP contribution in [-0.2, 0) is 6.42 Å². The lowest BCUT2D eigenvalue weighted by Crippen LogP contribution is -1.88. The summed E-state index contributed by atoms with van der Waals surface area (Å²) in [6.45, 7) is 11.4. The van der Waals surface area contributed by atoms with Crippen molar-refractivity contribution in [2.45, 2.75) is 52.9 Å². The van der Waals surface area contributed by atoms with E-state index in [1.165, 1.54) is 6.42 Å². The molecular weight excluding hydrogens is 176 g/mol. The Kier molecular flexibility index (Phi) is 3.55. The normalized spacial score (nSPS) is 11.6. The Bertz CT molecular complexity index is 269. The van der Waals surface area contributed by atoms with Crippen LogP contribution in [0.4, 0.5) is 0 Å². The third-order valence-electron chi connectivity index (χ3n) is 2.37. The van der Waals surface area contributed by atoms with Crippen LogP contribution in [0.25, 0.3) is 0 Å². The molecule has 0 atom stereocenters. The zero-order valence-electron chi connectivity index (χ0n) is 9.35. The van der Waals surface area contributed by atoms with Gasteiger partial charge in [0.2, 0.25) is 0 Å². The first-order chi connectivity index (χ1) is 6.06. The molecule has 0 unspecified atom stereocenters. The molecule has 0 nitrogen and oxygen atoms in total. The van der Waals surface area contributed by atoms with Gasteiger partial charge in [-0.1, -0.05) is 34.6 Å². The van der Waals surface area contributed by atoms with E-state index in [1.807, 2.05) is 11.3 Å². The van der Waals surface area contributed by atoms with Crippen LogP contribution in [0.15, 0.2) is 6.07 Å². The van der Waals surface area contributed by atoms with Crippen molar-refractivity contribution in [1.29, 1.82) is 0 Å². The minimum absolute atomic E-state index is 0.679. The molecule has 0 aliphatic rings. The van der Waals surface area contributed by atoms with Crippen molar-refractivity contribution in [1.82, 2.24) is 0 Å². The summed E-state index contributed by atoms with van der Waals surface area (Å²) in [5.74, 6) is 1.36. The van der Waals surface area contributed by atoms with Gasteiger partial charge in [-0.05, 0) is 29.9 Å². The maximum absolute atomic E-state index is 2.40. The second-order valence-electron chi connectivity index (χ2n) is 4.19. The minimum atomic E-state index is 0.679. The molecule has 0 spiro atoms. The summed E-state index contributed by atoms with van der Waals surface area (Å²) in [4.78, 5) is 3.12. The van der Waals surface area contributed by atoms with E-state index in [1.54, 1.807) is 15.3 Å². The van der Waals surface area contributed by atoms with Crippen molar-refractivity contribution in [3.63, 3.8) is 0 Å². The lowest BCUT2D eigenvalue weighted by molar-refractivity contribution is 0.844. The molecule has 0 aliphatic carbocycles. The maximum atomic E-state index is 2.40. The van der Waals surface area contributed by atoms with Crippen LogP contribution >= 0.6 is 11.3 Å². The molecule has 1 heterocycles. The van der Waals surface area contributed by atoms with E-state index >= 15 is 0 Å². The molecule has 74 valence electrons. The molecule has 0 N–H and O–H groups in total. The Morgan fingerprint density at radius 3 is 2.08 bits per heavy atom. The van der Waals surface area contributed by atoms with Gasteiger partial charge in [-0.15, -0.1) is 11.3 Å². The van der Waals surface area contributed by atoms with Crippen LogP contribution in [0.2, 0.25) is 0 Å². The fourth-order valence-corrected chi connectivity index (χ4v) is 2.78. The van der Waals surface area contributed by atoms with Gasteiger partial charge >= 0.3 is 0 Å². The smallest absolute Gasteiger partial charge is 0.00801 e. The van der Waals surface area contributed by atoms with E-state index in [0.717, 1.165) is 0 Å². The average Bonchev–Trinajstić information content (AvgIpc) is 2.47. The molecule has 0 saturated carbocycles. The Morgan fingerprint density at radius 1 is 1.15 bits per heavy atom. The molecule has 1 aromatic heterocycles.